The SMILES string of the molecule is CCC(COC(C)=O)(COC(C)=O)N=C=O. The molecule has 16 heavy (non-hydrogen) atoms. The number of nitrogens with zero attached hydrogens (tertiary/aromatic N) is 1. The van der Waals surface area contributed by atoms with Crippen LogP contribution in [0.15, 0.2) is 4.99 Å². The highest BCUT2D eigenvalue weighted by molar-refractivity contribution is 5.66. The number of hydrogen-bond donors (Lipinski definition) is 0. The summed E-state index contributed by atoms with van der Waals surface area (Å²) in [6.07, 6.45) is 1.79. The van der Waals surface area contributed by atoms with Gasteiger partial charge in [-0.25, -0.2) is 4.79 Å². The molecular formula is C10H15NO5. The van der Waals surface area contributed by atoms with Crippen LogP contribution in [0, 0.1) is 0 Å². The van der Waals surface area contributed by atoms with E-state index in [2.05, 4.69) is 4.99 Å². The second-order valence-corrected chi connectivity index (χ2v) is 3.34. The molecule has 0 aromatic rings. The average molecular weight is 229 g/mol. The van der Waals surface area contributed by atoms with Crippen LogP contribution in [0.4, 0.5) is 0 Å². The van der Waals surface area contributed by atoms with Crippen molar-refractivity contribution in [2.45, 2.75) is 32.7 Å². The summed E-state index contributed by atoms with van der Waals surface area (Å²) >= 11 is 0. The summed E-state index contributed by atoms with van der Waals surface area (Å²) in [5.41, 5.74) is -1.03. The minimum Gasteiger partial charge on any atom is -0.463 e. The second kappa shape index (κ2) is 6.74. The first-order valence-electron chi connectivity index (χ1n) is 4.81. The van der Waals surface area contributed by atoms with Gasteiger partial charge in [0.15, 0.2) is 0 Å². The highest BCUT2D eigenvalue weighted by Gasteiger charge is 2.31. The van der Waals surface area contributed by atoms with Gasteiger partial charge in [-0.15, -0.1) is 0 Å². The van der Waals surface area contributed by atoms with Crippen molar-refractivity contribution >= 4 is 18.0 Å². The molecule has 0 heterocycles. The molecule has 0 radical (unpaired) electrons. The third-order valence-corrected chi connectivity index (χ3v) is 2.03. The Labute approximate surface area is 93.6 Å². The van der Waals surface area contributed by atoms with Gasteiger partial charge in [-0.2, -0.15) is 4.99 Å². The maximum atomic E-state index is 10.7. The van der Waals surface area contributed by atoms with E-state index in [1.54, 1.807) is 6.92 Å². The number of carbonyl (C=O) groups excluding carboxylic acids is 3. The second-order valence-electron chi connectivity index (χ2n) is 3.34. The third kappa shape index (κ3) is 5.26. The molecule has 0 bridgehead atoms. The van der Waals surface area contributed by atoms with Gasteiger partial charge in [0, 0.05) is 13.8 Å². The van der Waals surface area contributed by atoms with Crippen LogP contribution < -0.4 is 0 Å². The van der Waals surface area contributed by atoms with E-state index in [0.717, 1.165) is 0 Å². The van der Waals surface area contributed by atoms with Crippen LogP contribution in [0.25, 0.3) is 0 Å². The molecule has 0 aliphatic heterocycles. The number of aliphatic imine (C=N–C) groups is 1. The minimum atomic E-state index is -1.03. The van der Waals surface area contributed by atoms with E-state index in [1.807, 2.05) is 0 Å². The Morgan fingerprint density at radius 3 is 1.88 bits per heavy atom. The summed E-state index contributed by atoms with van der Waals surface area (Å²) in [4.78, 5) is 35.2. The Hall–Kier alpha value is -1.68. The van der Waals surface area contributed by atoms with E-state index in [-0.39, 0.29) is 13.2 Å². The monoisotopic (exact) mass is 229 g/mol. The van der Waals surface area contributed by atoms with Crippen molar-refractivity contribution in [3.05, 3.63) is 0 Å². The maximum Gasteiger partial charge on any atom is 0.302 e. The van der Waals surface area contributed by atoms with Gasteiger partial charge < -0.3 is 9.47 Å². The summed E-state index contributed by atoms with van der Waals surface area (Å²) in [6, 6.07) is 0. The van der Waals surface area contributed by atoms with Crippen molar-refractivity contribution < 1.29 is 23.9 Å². The molecule has 0 saturated carbocycles. The first-order chi connectivity index (χ1) is 7.45. The van der Waals surface area contributed by atoms with Gasteiger partial charge in [0.1, 0.15) is 18.8 Å². The van der Waals surface area contributed by atoms with Crippen molar-refractivity contribution in [2.24, 2.45) is 4.99 Å². The number of carbonyl (C=O) groups is 2. The molecular weight excluding hydrogens is 214 g/mol. The van der Waals surface area contributed by atoms with E-state index in [1.165, 1.54) is 19.9 Å². The zero-order valence-electron chi connectivity index (χ0n) is 9.61. The fourth-order valence-corrected chi connectivity index (χ4v) is 0.958. The van der Waals surface area contributed by atoms with Gasteiger partial charge in [-0.1, -0.05) is 6.92 Å². The van der Waals surface area contributed by atoms with Gasteiger partial charge in [0.25, 0.3) is 0 Å². The molecule has 6 heteroatoms. The van der Waals surface area contributed by atoms with Crippen molar-refractivity contribution in [2.75, 3.05) is 13.2 Å². The zero-order valence-corrected chi connectivity index (χ0v) is 9.61. The number of hydrogen-bond acceptors (Lipinski definition) is 6. The zero-order chi connectivity index (χ0) is 12.6. The smallest absolute Gasteiger partial charge is 0.302 e. The van der Waals surface area contributed by atoms with E-state index in [0.29, 0.717) is 6.42 Å². The van der Waals surface area contributed by atoms with Crippen LogP contribution in [0.5, 0.6) is 0 Å². The molecule has 0 aromatic carbocycles. The summed E-state index contributed by atoms with van der Waals surface area (Å²) < 4.78 is 9.56. The quantitative estimate of drug-likeness (QED) is 0.378. The fourth-order valence-electron chi connectivity index (χ4n) is 0.958. The molecule has 0 atom stereocenters. The number of rotatable bonds is 6. The Morgan fingerprint density at radius 1 is 1.19 bits per heavy atom. The Kier molecular flexibility index (Phi) is 6.03. The lowest BCUT2D eigenvalue weighted by atomic mass is 10.00. The summed E-state index contributed by atoms with van der Waals surface area (Å²) in [7, 11) is 0. The van der Waals surface area contributed by atoms with Crippen LogP contribution in [0.1, 0.15) is 27.2 Å². The molecule has 0 aromatic heterocycles. The summed E-state index contributed by atoms with van der Waals surface area (Å²) in [6.45, 7) is 4.02. The van der Waals surface area contributed by atoms with Crippen molar-refractivity contribution in [1.82, 2.24) is 0 Å². The lowest BCUT2D eigenvalue weighted by Crippen LogP contribution is -2.38. The largest absolute Gasteiger partial charge is 0.463 e. The van der Waals surface area contributed by atoms with E-state index >= 15 is 0 Å². The molecule has 0 aliphatic rings. The Morgan fingerprint density at radius 2 is 1.62 bits per heavy atom. The molecule has 0 amide bonds. The van der Waals surface area contributed by atoms with Crippen LogP contribution in [-0.2, 0) is 23.9 Å². The minimum absolute atomic E-state index is 0.110. The van der Waals surface area contributed by atoms with E-state index < -0.39 is 17.5 Å². The lowest BCUT2D eigenvalue weighted by molar-refractivity contribution is -0.147. The first-order valence-corrected chi connectivity index (χ1v) is 4.81. The van der Waals surface area contributed by atoms with Crippen LogP contribution in [0.2, 0.25) is 0 Å². The normalized spacial score (nSPS) is 10.2. The standard InChI is InChI=1S/C10H15NO5/c1-4-10(11-7-12,5-15-8(2)13)6-16-9(3)14/h4-6H2,1-3H3. The molecule has 0 unspecified atom stereocenters. The molecule has 0 spiro atoms. The van der Waals surface area contributed by atoms with Crippen LogP contribution >= 0.6 is 0 Å². The van der Waals surface area contributed by atoms with Gasteiger partial charge >= 0.3 is 11.9 Å². The highest BCUT2D eigenvalue weighted by Crippen LogP contribution is 2.17. The Balaban J connectivity index is 4.62. The number of ether oxygens (including phenoxy) is 2. The van der Waals surface area contributed by atoms with Gasteiger partial charge in [0.05, 0.1) is 0 Å². The van der Waals surface area contributed by atoms with Crippen LogP contribution in [-0.4, -0.2) is 36.8 Å². The van der Waals surface area contributed by atoms with Crippen molar-refractivity contribution in [1.29, 1.82) is 0 Å². The Bertz CT molecular complexity index is 288. The van der Waals surface area contributed by atoms with Gasteiger partial charge in [0.2, 0.25) is 6.08 Å². The number of isocyanates is 1. The highest BCUT2D eigenvalue weighted by atomic mass is 16.5. The predicted octanol–water partition coefficient (Wildman–Crippen LogP) is 0.597. The van der Waals surface area contributed by atoms with E-state index in [4.69, 9.17) is 9.47 Å². The summed E-state index contributed by atoms with van der Waals surface area (Å²) in [5, 5.41) is 0. The molecule has 0 fully saturated rings. The molecule has 0 N–H and O–H groups in total. The first kappa shape index (κ1) is 14.3. The van der Waals surface area contributed by atoms with Gasteiger partial charge in [-0.05, 0) is 6.42 Å². The number of esters is 2. The van der Waals surface area contributed by atoms with Crippen molar-refractivity contribution in [3.8, 4) is 0 Å². The molecule has 0 rings (SSSR count). The molecule has 90 valence electrons. The topological polar surface area (TPSA) is 82.0 Å². The predicted molar refractivity (Wildman–Crippen MR) is 54.4 cm³/mol. The van der Waals surface area contributed by atoms with Crippen LogP contribution in [0.3, 0.4) is 0 Å². The van der Waals surface area contributed by atoms with Crippen molar-refractivity contribution in [3.63, 3.8) is 0 Å². The maximum absolute atomic E-state index is 10.7. The fraction of sp³-hybridized carbons (Fsp3) is 0.700. The van der Waals surface area contributed by atoms with Gasteiger partial charge in [-0.3, -0.25) is 9.59 Å². The molecule has 6 nitrogen and oxygen atoms in total. The third-order valence-electron chi connectivity index (χ3n) is 2.03. The molecule has 0 saturated heterocycles. The lowest BCUT2D eigenvalue weighted by Gasteiger charge is -2.25. The summed E-state index contributed by atoms with van der Waals surface area (Å²) in [5.74, 6) is -0.969. The van der Waals surface area contributed by atoms with E-state index in [9.17, 15) is 14.4 Å². The molecule has 0 aliphatic carbocycles. The average Bonchev–Trinajstić information content (AvgIpc) is 2.22.